The third-order valence-corrected chi connectivity index (χ3v) is 8.95. The van der Waals surface area contributed by atoms with Crippen LogP contribution in [0.2, 0.25) is 5.02 Å². The molecule has 7 nitrogen and oxygen atoms in total. The fourth-order valence-corrected chi connectivity index (χ4v) is 6.62. The molecule has 5 rings (SSSR count). The van der Waals surface area contributed by atoms with Crippen LogP contribution >= 0.6 is 22.9 Å². The molecular weight excluding hydrogens is 518 g/mol. The molecule has 0 atom stereocenters. The van der Waals surface area contributed by atoms with Crippen LogP contribution in [0.3, 0.4) is 0 Å². The molecule has 1 saturated heterocycles. The Morgan fingerprint density at radius 2 is 1.69 bits per heavy atom. The number of benzene rings is 3. The molecule has 1 fully saturated rings. The quantitative estimate of drug-likeness (QED) is 0.364. The summed E-state index contributed by atoms with van der Waals surface area (Å²) in [5.41, 5.74) is 2.34. The number of carbonyl (C=O) groups is 1. The molecule has 4 aromatic rings. The van der Waals surface area contributed by atoms with Gasteiger partial charge in [-0.1, -0.05) is 41.1 Å². The molecule has 0 saturated carbocycles. The van der Waals surface area contributed by atoms with Crippen molar-refractivity contribution in [3.63, 3.8) is 0 Å². The number of thiazole rings is 1. The average molecular weight is 542 g/mol. The number of nitrogens with zero attached hydrogens (tertiary/aromatic N) is 2. The number of nitrogens with one attached hydrogen (secondary N) is 1. The molecule has 186 valence electrons. The molecule has 10 heteroatoms. The minimum atomic E-state index is -3.90. The van der Waals surface area contributed by atoms with Crippen LogP contribution in [0.4, 0.5) is 5.69 Å². The minimum absolute atomic E-state index is 0.0363. The maximum absolute atomic E-state index is 13.1. The highest BCUT2D eigenvalue weighted by atomic mass is 35.5. The monoisotopic (exact) mass is 541 g/mol. The summed E-state index contributed by atoms with van der Waals surface area (Å²) in [6.07, 6.45) is 3.15. The van der Waals surface area contributed by atoms with Crippen LogP contribution < -0.4 is 9.60 Å². The van der Waals surface area contributed by atoms with Crippen molar-refractivity contribution >= 4 is 54.8 Å². The standard InChI is InChI=1S/C26H24ClN3O4S2/c27-22-7-3-2-6-19(22)17-30-23-13-12-21(16-24(23)35-26(30)32)36(33,34)28-20-10-8-18(9-11-20)25(31)29-14-4-1-5-15-29/h2-3,6-13,16,28H,1,4-5,14-15,17H2. The maximum Gasteiger partial charge on any atom is 0.308 e. The predicted octanol–water partition coefficient (Wildman–Crippen LogP) is 5.19. The lowest BCUT2D eigenvalue weighted by molar-refractivity contribution is 0.0724. The van der Waals surface area contributed by atoms with Crippen LogP contribution in [0, 0.1) is 0 Å². The number of rotatable bonds is 6. The molecule has 36 heavy (non-hydrogen) atoms. The van der Waals surface area contributed by atoms with E-state index >= 15 is 0 Å². The van der Waals surface area contributed by atoms with Gasteiger partial charge >= 0.3 is 4.87 Å². The molecule has 0 bridgehead atoms. The van der Waals surface area contributed by atoms with E-state index in [4.69, 9.17) is 11.6 Å². The van der Waals surface area contributed by atoms with Gasteiger partial charge in [0.15, 0.2) is 0 Å². The zero-order chi connectivity index (χ0) is 25.3. The highest BCUT2D eigenvalue weighted by Crippen LogP contribution is 2.26. The van der Waals surface area contributed by atoms with Gasteiger partial charge in [-0.05, 0) is 73.4 Å². The molecule has 3 aromatic carbocycles. The van der Waals surface area contributed by atoms with E-state index in [2.05, 4.69) is 4.72 Å². The number of amides is 1. The summed E-state index contributed by atoms with van der Waals surface area (Å²) in [6.45, 7) is 1.80. The van der Waals surface area contributed by atoms with E-state index in [1.54, 1.807) is 41.0 Å². The highest BCUT2D eigenvalue weighted by Gasteiger charge is 2.20. The highest BCUT2D eigenvalue weighted by molar-refractivity contribution is 7.92. The summed E-state index contributed by atoms with van der Waals surface area (Å²) in [6, 6.07) is 18.4. The van der Waals surface area contributed by atoms with Crippen molar-refractivity contribution in [1.82, 2.24) is 9.47 Å². The second-order valence-corrected chi connectivity index (χ2v) is 11.8. The van der Waals surface area contributed by atoms with Crippen molar-refractivity contribution in [3.8, 4) is 0 Å². The fraction of sp³-hybridized carbons (Fsp3) is 0.231. The Labute approximate surface area is 218 Å². The number of hydrogen-bond acceptors (Lipinski definition) is 5. The van der Waals surface area contributed by atoms with E-state index < -0.39 is 10.0 Å². The summed E-state index contributed by atoms with van der Waals surface area (Å²) in [5, 5.41) is 0.566. The average Bonchev–Trinajstić information content (AvgIpc) is 3.20. The van der Waals surface area contributed by atoms with Crippen LogP contribution in [0.5, 0.6) is 0 Å². The van der Waals surface area contributed by atoms with E-state index in [9.17, 15) is 18.0 Å². The zero-order valence-corrected chi connectivity index (χ0v) is 21.7. The van der Waals surface area contributed by atoms with Crippen molar-refractivity contribution in [2.75, 3.05) is 17.8 Å². The lowest BCUT2D eigenvalue weighted by atomic mass is 10.1. The summed E-state index contributed by atoms with van der Waals surface area (Å²) < 4.78 is 30.8. The first-order valence-electron chi connectivity index (χ1n) is 11.6. The Balaban J connectivity index is 1.35. The van der Waals surface area contributed by atoms with Crippen LogP contribution in [-0.2, 0) is 16.6 Å². The number of halogens is 1. The van der Waals surface area contributed by atoms with Crippen molar-refractivity contribution in [1.29, 1.82) is 0 Å². The van der Waals surface area contributed by atoms with E-state index in [0.717, 1.165) is 49.3 Å². The minimum Gasteiger partial charge on any atom is -0.339 e. The molecule has 0 radical (unpaired) electrons. The number of anilines is 1. The molecule has 1 N–H and O–H groups in total. The third-order valence-electron chi connectivity index (χ3n) is 6.26. The Hall–Kier alpha value is -3.14. The van der Waals surface area contributed by atoms with Crippen LogP contribution in [0.15, 0.2) is 76.4 Å². The molecule has 1 aromatic heterocycles. The van der Waals surface area contributed by atoms with Gasteiger partial charge in [0.05, 0.1) is 21.7 Å². The second-order valence-electron chi connectivity index (χ2n) is 8.71. The van der Waals surface area contributed by atoms with Gasteiger partial charge in [0, 0.05) is 29.4 Å². The van der Waals surface area contributed by atoms with E-state index in [1.165, 1.54) is 12.1 Å². The molecule has 0 unspecified atom stereocenters. The van der Waals surface area contributed by atoms with Crippen LogP contribution in [-0.4, -0.2) is 36.9 Å². The van der Waals surface area contributed by atoms with E-state index in [1.807, 2.05) is 23.1 Å². The van der Waals surface area contributed by atoms with Crippen molar-refractivity contribution in [3.05, 3.63) is 92.5 Å². The number of carbonyl (C=O) groups excluding carboxylic acids is 1. The van der Waals surface area contributed by atoms with Crippen molar-refractivity contribution < 1.29 is 13.2 Å². The van der Waals surface area contributed by atoms with Gasteiger partial charge in [0.1, 0.15) is 0 Å². The second kappa shape index (κ2) is 10.1. The first-order valence-corrected chi connectivity index (χ1v) is 14.3. The number of fused-ring (bicyclic) bond motifs is 1. The van der Waals surface area contributed by atoms with Gasteiger partial charge in [-0.3, -0.25) is 18.9 Å². The number of piperidine rings is 1. The Kier molecular flexibility index (Phi) is 6.87. The molecule has 1 aliphatic heterocycles. The van der Waals surface area contributed by atoms with Gasteiger partial charge in [-0.25, -0.2) is 8.42 Å². The van der Waals surface area contributed by atoms with E-state index in [0.29, 0.717) is 33.0 Å². The molecular formula is C26H24ClN3O4S2. The zero-order valence-electron chi connectivity index (χ0n) is 19.3. The molecule has 0 spiro atoms. The fourth-order valence-electron chi connectivity index (χ4n) is 4.34. The summed E-state index contributed by atoms with van der Waals surface area (Å²) in [5.74, 6) is -0.0363. The van der Waals surface area contributed by atoms with Gasteiger partial charge in [-0.2, -0.15) is 0 Å². The molecule has 1 amide bonds. The Morgan fingerprint density at radius 1 is 0.972 bits per heavy atom. The van der Waals surface area contributed by atoms with Crippen molar-refractivity contribution in [2.24, 2.45) is 0 Å². The molecule has 1 aliphatic rings. The smallest absolute Gasteiger partial charge is 0.308 e. The maximum atomic E-state index is 13.1. The SMILES string of the molecule is O=C(c1ccc(NS(=O)(=O)c2ccc3c(c2)sc(=O)n3Cc2ccccc2Cl)cc1)N1CCCCC1. The first kappa shape index (κ1) is 24.5. The topological polar surface area (TPSA) is 88.5 Å². The molecule has 2 heterocycles. The lowest BCUT2D eigenvalue weighted by Crippen LogP contribution is -2.35. The largest absolute Gasteiger partial charge is 0.339 e. The summed E-state index contributed by atoms with van der Waals surface area (Å²) in [4.78, 5) is 27.0. The summed E-state index contributed by atoms with van der Waals surface area (Å²) >= 11 is 7.24. The van der Waals surface area contributed by atoms with Gasteiger partial charge in [0.25, 0.3) is 15.9 Å². The first-order chi connectivity index (χ1) is 17.3. The Morgan fingerprint density at radius 3 is 2.42 bits per heavy atom. The number of aromatic nitrogens is 1. The van der Waals surface area contributed by atoms with E-state index in [-0.39, 0.29) is 15.7 Å². The van der Waals surface area contributed by atoms with Crippen LogP contribution in [0.1, 0.15) is 35.2 Å². The van der Waals surface area contributed by atoms with Gasteiger partial charge < -0.3 is 4.90 Å². The normalized spacial score (nSPS) is 14.2. The number of likely N-dealkylation sites (tertiary alicyclic amines) is 1. The molecule has 0 aliphatic carbocycles. The van der Waals surface area contributed by atoms with Gasteiger partial charge in [0.2, 0.25) is 0 Å². The number of hydrogen-bond donors (Lipinski definition) is 1. The lowest BCUT2D eigenvalue weighted by Gasteiger charge is -2.26. The van der Waals surface area contributed by atoms with Crippen LogP contribution in [0.25, 0.3) is 10.2 Å². The summed E-state index contributed by atoms with van der Waals surface area (Å²) in [7, 11) is -3.90. The Bertz CT molecular complexity index is 1590. The van der Waals surface area contributed by atoms with Gasteiger partial charge in [-0.15, -0.1) is 0 Å². The predicted molar refractivity (Wildman–Crippen MR) is 144 cm³/mol. The number of sulfonamides is 1. The van der Waals surface area contributed by atoms with Crippen molar-refractivity contribution in [2.45, 2.75) is 30.7 Å². The third kappa shape index (κ3) is 5.04.